The molecule has 4 rings (SSSR count). The van der Waals surface area contributed by atoms with Crippen molar-refractivity contribution in [2.24, 2.45) is 0 Å². The molecule has 6 nitrogen and oxygen atoms in total. The second-order valence-corrected chi connectivity index (χ2v) is 7.00. The van der Waals surface area contributed by atoms with Crippen LogP contribution in [0.2, 0.25) is 0 Å². The molecular weight excluding hydrogens is 350 g/mol. The molecule has 2 heterocycles. The summed E-state index contributed by atoms with van der Waals surface area (Å²) in [5, 5.41) is 14.4. The Morgan fingerprint density at radius 3 is 2.32 bits per heavy atom. The third-order valence-electron chi connectivity index (χ3n) is 4.79. The van der Waals surface area contributed by atoms with E-state index in [1.165, 1.54) is 12.8 Å². The minimum atomic E-state index is -0.270. The van der Waals surface area contributed by atoms with Gasteiger partial charge in [0.15, 0.2) is 5.82 Å². The van der Waals surface area contributed by atoms with Gasteiger partial charge < -0.3 is 15.5 Å². The second-order valence-electron chi connectivity index (χ2n) is 7.00. The molecule has 0 saturated carbocycles. The number of anilines is 3. The summed E-state index contributed by atoms with van der Waals surface area (Å²) in [6.07, 6.45) is 2.44. The second kappa shape index (κ2) is 8.08. The molecule has 0 bridgehead atoms. The number of nitrogens with one attached hydrogen (secondary N) is 2. The van der Waals surface area contributed by atoms with Crippen LogP contribution in [0.25, 0.3) is 11.3 Å². The van der Waals surface area contributed by atoms with E-state index in [4.69, 9.17) is 0 Å². The standard InChI is InChI=1S/C22H23N5O/c1-16-5-4-6-19(15-16)24-22(28)23-18-9-7-17(8-10-18)20-11-12-21(26-25-20)27-13-2-3-14-27/h4-12,15H,2-3,13-14H2,1H3,(H2,23,24,28). The van der Waals surface area contributed by atoms with Crippen molar-refractivity contribution in [1.29, 1.82) is 0 Å². The summed E-state index contributed by atoms with van der Waals surface area (Å²) in [4.78, 5) is 14.4. The van der Waals surface area contributed by atoms with E-state index in [0.717, 1.165) is 47.1 Å². The van der Waals surface area contributed by atoms with E-state index < -0.39 is 0 Å². The highest BCUT2D eigenvalue weighted by Crippen LogP contribution is 2.22. The van der Waals surface area contributed by atoms with E-state index in [2.05, 4.69) is 25.7 Å². The lowest BCUT2D eigenvalue weighted by Gasteiger charge is -2.15. The van der Waals surface area contributed by atoms with Gasteiger partial charge in [0, 0.05) is 30.0 Å². The number of aromatic nitrogens is 2. The average Bonchev–Trinajstić information content (AvgIpc) is 3.23. The molecule has 28 heavy (non-hydrogen) atoms. The van der Waals surface area contributed by atoms with E-state index in [1.54, 1.807) is 0 Å². The number of hydrogen-bond acceptors (Lipinski definition) is 4. The average molecular weight is 373 g/mol. The van der Waals surface area contributed by atoms with E-state index in [0.29, 0.717) is 0 Å². The number of amides is 2. The Kier molecular flexibility index (Phi) is 5.19. The van der Waals surface area contributed by atoms with E-state index in [-0.39, 0.29) is 6.03 Å². The molecule has 0 unspecified atom stereocenters. The molecule has 1 fully saturated rings. The predicted octanol–water partition coefficient (Wildman–Crippen LogP) is 4.70. The van der Waals surface area contributed by atoms with Gasteiger partial charge in [0.25, 0.3) is 0 Å². The van der Waals surface area contributed by atoms with E-state index in [9.17, 15) is 4.79 Å². The summed E-state index contributed by atoms with van der Waals surface area (Å²) in [6.45, 7) is 4.10. The first-order valence-corrected chi connectivity index (χ1v) is 9.51. The van der Waals surface area contributed by atoms with Crippen molar-refractivity contribution in [3.8, 4) is 11.3 Å². The number of rotatable bonds is 4. The zero-order chi connectivity index (χ0) is 19.3. The molecule has 1 aromatic heterocycles. The number of carbonyl (C=O) groups excluding carboxylic acids is 1. The number of aryl methyl sites for hydroxylation is 1. The summed E-state index contributed by atoms with van der Waals surface area (Å²) < 4.78 is 0. The highest BCUT2D eigenvalue weighted by atomic mass is 16.2. The predicted molar refractivity (Wildman–Crippen MR) is 113 cm³/mol. The molecular formula is C22H23N5O. The van der Waals surface area contributed by atoms with E-state index >= 15 is 0 Å². The zero-order valence-corrected chi connectivity index (χ0v) is 15.9. The molecule has 142 valence electrons. The lowest BCUT2D eigenvalue weighted by Crippen LogP contribution is -2.19. The first kappa shape index (κ1) is 18.0. The third kappa shape index (κ3) is 4.28. The van der Waals surface area contributed by atoms with Gasteiger partial charge in [-0.1, -0.05) is 24.3 Å². The number of carbonyl (C=O) groups is 1. The minimum absolute atomic E-state index is 0.270. The van der Waals surface area contributed by atoms with Crippen LogP contribution in [0, 0.1) is 6.92 Å². The van der Waals surface area contributed by atoms with Crippen molar-refractivity contribution in [3.05, 3.63) is 66.2 Å². The lowest BCUT2D eigenvalue weighted by atomic mass is 10.1. The Morgan fingerprint density at radius 1 is 0.893 bits per heavy atom. The van der Waals surface area contributed by atoms with Crippen LogP contribution in [-0.2, 0) is 0 Å². The fraction of sp³-hybridized carbons (Fsp3) is 0.227. The highest BCUT2D eigenvalue weighted by Gasteiger charge is 2.14. The van der Waals surface area contributed by atoms with Crippen molar-refractivity contribution in [2.75, 3.05) is 28.6 Å². The van der Waals surface area contributed by atoms with Gasteiger partial charge in [-0.05, 0) is 61.7 Å². The molecule has 1 aliphatic heterocycles. The van der Waals surface area contributed by atoms with Gasteiger partial charge in [0.05, 0.1) is 5.69 Å². The Morgan fingerprint density at radius 2 is 1.64 bits per heavy atom. The SMILES string of the molecule is Cc1cccc(NC(=O)Nc2ccc(-c3ccc(N4CCCC4)nn3)cc2)c1. The maximum absolute atomic E-state index is 12.2. The minimum Gasteiger partial charge on any atom is -0.355 e. The molecule has 2 aromatic carbocycles. The van der Waals surface area contributed by atoms with Crippen LogP contribution in [0.1, 0.15) is 18.4 Å². The molecule has 1 saturated heterocycles. The van der Waals surface area contributed by atoms with Gasteiger partial charge in [-0.3, -0.25) is 0 Å². The molecule has 2 N–H and O–H groups in total. The number of hydrogen-bond donors (Lipinski definition) is 2. The monoisotopic (exact) mass is 373 g/mol. The number of benzene rings is 2. The summed E-state index contributed by atoms with van der Waals surface area (Å²) in [5.74, 6) is 0.937. The topological polar surface area (TPSA) is 70.2 Å². The molecule has 0 radical (unpaired) electrons. The Bertz CT molecular complexity index is 947. The molecule has 6 heteroatoms. The van der Waals surface area contributed by atoms with Crippen LogP contribution in [0.4, 0.5) is 22.0 Å². The maximum Gasteiger partial charge on any atom is 0.323 e. The highest BCUT2D eigenvalue weighted by molar-refractivity contribution is 5.99. The van der Waals surface area contributed by atoms with Gasteiger partial charge in [0.2, 0.25) is 0 Å². The zero-order valence-electron chi connectivity index (χ0n) is 15.9. The van der Waals surface area contributed by atoms with Crippen LogP contribution >= 0.6 is 0 Å². The number of urea groups is 1. The van der Waals surface area contributed by atoms with Crippen molar-refractivity contribution in [3.63, 3.8) is 0 Å². The van der Waals surface area contributed by atoms with Gasteiger partial charge in [0.1, 0.15) is 0 Å². The van der Waals surface area contributed by atoms with Gasteiger partial charge in [-0.15, -0.1) is 10.2 Å². The van der Waals surface area contributed by atoms with Crippen molar-refractivity contribution < 1.29 is 4.79 Å². The molecule has 3 aromatic rings. The Hall–Kier alpha value is -3.41. The molecule has 0 spiro atoms. The molecule has 0 aliphatic carbocycles. The smallest absolute Gasteiger partial charge is 0.323 e. The van der Waals surface area contributed by atoms with Crippen LogP contribution in [0.15, 0.2) is 60.7 Å². The van der Waals surface area contributed by atoms with Gasteiger partial charge in [-0.2, -0.15) is 0 Å². The summed E-state index contributed by atoms with van der Waals surface area (Å²) in [5.41, 5.74) is 4.36. The third-order valence-corrected chi connectivity index (χ3v) is 4.79. The normalized spacial score (nSPS) is 13.4. The van der Waals surface area contributed by atoms with Crippen LogP contribution in [0.5, 0.6) is 0 Å². The maximum atomic E-state index is 12.2. The first-order chi connectivity index (χ1) is 13.7. The molecule has 0 atom stereocenters. The van der Waals surface area contributed by atoms with Crippen molar-refractivity contribution in [2.45, 2.75) is 19.8 Å². The van der Waals surface area contributed by atoms with Crippen LogP contribution in [0.3, 0.4) is 0 Å². The summed E-state index contributed by atoms with van der Waals surface area (Å²) in [7, 11) is 0. The van der Waals surface area contributed by atoms with Crippen LogP contribution in [-0.4, -0.2) is 29.3 Å². The fourth-order valence-corrected chi connectivity index (χ4v) is 3.33. The quantitative estimate of drug-likeness (QED) is 0.696. The Balaban J connectivity index is 1.38. The fourth-order valence-electron chi connectivity index (χ4n) is 3.33. The van der Waals surface area contributed by atoms with Gasteiger partial charge in [-0.25, -0.2) is 4.79 Å². The summed E-state index contributed by atoms with van der Waals surface area (Å²) in [6, 6.07) is 19.0. The first-order valence-electron chi connectivity index (χ1n) is 9.51. The lowest BCUT2D eigenvalue weighted by molar-refractivity contribution is 0.262. The van der Waals surface area contributed by atoms with Crippen LogP contribution < -0.4 is 15.5 Å². The summed E-state index contributed by atoms with van der Waals surface area (Å²) >= 11 is 0. The van der Waals surface area contributed by atoms with E-state index in [1.807, 2.05) is 67.6 Å². The van der Waals surface area contributed by atoms with Crippen molar-refractivity contribution >= 4 is 23.2 Å². The largest absolute Gasteiger partial charge is 0.355 e. The number of nitrogens with zero attached hydrogens (tertiary/aromatic N) is 3. The van der Waals surface area contributed by atoms with Crippen molar-refractivity contribution in [1.82, 2.24) is 10.2 Å². The molecule has 1 aliphatic rings. The van der Waals surface area contributed by atoms with Gasteiger partial charge >= 0.3 is 6.03 Å². The Labute approximate surface area is 164 Å². The molecule has 2 amide bonds.